The average molecular weight is 307 g/mol. The van der Waals surface area contributed by atoms with E-state index in [1.54, 1.807) is 4.90 Å². The summed E-state index contributed by atoms with van der Waals surface area (Å²) in [6, 6.07) is 6.20. The van der Waals surface area contributed by atoms with Gasteiger partial charge in [-0.3, -0.25) is 9.59 Å². The monoisotopic (exact) mass is 307 g/mol. The van der Waals surface area contributed by atoms with E-state index in [9.17, 15) is 9.59 Å². The molecular weight excluding hydrogens is 286 g/mol. The summed E-state index contributed by atoms with van der Waals surface area (Å²) < 4.78 is 0. The van der Waals surface area contributed by atoms with Gasteiger partial charge in [-0.15, -0.1) is 11.8 Å². The summed E-state index contributed by atoms with van der Waals surface area (Å²) in [5.41, 5.74) is 2.35. The first-order chi connectivity index (χ1) is 9.97. The maximum Gasteiger partial charge on any atom is 0.308 e. The van der Waals surface area contributed by atoms with Crippen LogP contribution in [0.15, 0.2) is 23.1 Å². The molecule has 0 saturated carbocycles. The molecule has 114 valence electrons. The van der Waals surface area contributed by atoms with E-state index in [1.165, 1.54) is 22.9 Å². The van der Waals surface area contributed by atoms with Gasteiger partial charge in [0, 0.05) is 18.0 Å². The first kappa shape index (κ1) is 15.9. The Morgan fingerprint density at radius 2 is 2.14 bits per heavy atom. The second kappa shape index (κ2) is 6.98. The summed E-state index contributed by atoms with van der Waals surface area (Å²) in [6.45, 7) is 5.10. The number of likely N-dealkylation sites (tertiary alicyclic amines) is 1. The minimum atomic E-state index is -0.797. The number of hydrogen-bond donors (Lipinski definition) is 1. The zero-order valence-corrected chi connectivity index (χ0v) is 13.3. The van der Waals surface area contributed by atoms with Crippen LogP contribution < -0.4 is 0 Å². The average Bonchev–Trinajstić information content (AvgIpc) is 2.48. The molecule has 1 aromatic rings. The van der Waals surface area contributed by atoms with Gasteiger partial charge in [0.1, 0.15) is 0 Å². The molecular formula is C16H21NO3S. The molecule has 0 radical (unpaired) electrons. The lowest BCUT2D eigenvalue weighted by atomic mass is 9.98. The second-order valence-electron chi connectivity index (χ2n) is 5.57. The molecule has 1 aliphatic heterocycles. The third kappa shape index (κ3) is 4.24. The van der Waals surface area contributed by atoms with Crippen LogP contribution in [0.3, 0.4) is 0 Å². The normalized spacial score (nSPS) is 18.6. The van der Waals surface area contributed by atoms with Crippen LogP contribution in [0.1, 0.15) is 24.0 Å². The molecule has 5 heteroatoms. The number of thioether (sulfide) groups is 1. The number of aryl methyl sites for hydroxylation is 2. The quantitative estimate of drug-likeness (QED) is 0.869. The molecule has 21 heavy (non-hydrogen) atoms. The Labute approximate surface area is 129 Å². The van der Waals surface area contributed by atoms with Gasteiger partial charge in [0.05, 0.1) is 11.7 Å². The first-order valence-corrected chi connectivity index (χ1v) is 8.16. The molecule has 1 heterocycles. The van der Waals surface area contributed by atoms with E-state index in [2.05, 4.69) is 18.2 Å². The van der Waals surface area contributed by atoms with Crippen molar-refractivity contribution >= 4 is 23.6 Å². The maximum atomic E-state index is 12.2. The molecule has 0 aliphatic carbocycles. The summed E-state index contributed by atoms with van der Waals surface area (Å²) in [5.74, 6) is -0.800. The molecule has 4 nitrogen and oxygen atoms in total. The number of amides is 1. The lowest BCUT2D eigenvalue weighted by molar-refractivity contribution is -0.145. The van der Waals surface area contributed by atoms with Gasteiger partial charge in [-0.1, -0.05) is 17.7 Å². The minimum absolute atomic E-state index is 0.0341. The van der Waals surface area contributed by atoms with Crippen LogP contribution in [-0.2, 0) is 9.59 Å². The fraction of sp³-hybridized carbons (Fsp3) is 0.500. The number of benzene rings is 1. The predicted molar refractivity (Wildman–Crippen MR) is 83.6 cm³/mol. The van der Waals surface area contributed by atoms with Gasteiger partial charge < -0.3 is 10.0 Å². The van der Waals surface area contributed by atoms with E-state index < -0.39 is 11.9 Å². The molecule has 1 N–H and O–H groups in total. The number of piperidine rings is 1. The van der Waals surface area contributed by atoms with Gasteiger partial charge in [0.15, 0.2) is 0 Å². The summed E-state index contributed by atoms with van der Waals surface area (Å²) in [5, 5.41) is 9.07. The topological polar surface area (TPSA) is 57.6 Å². The van der Waals surface area contributed by atoms with Crippen LogP contribution in [0.4, 0.5) is 0 Å². The lowest BCUT2D eigenvalue weighted by Gasteiger charge is -2.30. The molecule has 1 aromatic carbocycles. The predicted octanol–water partition coefficient (Wildman–Crippen LogP) is 2.72. The van der Waals surface area contributed by atoms with E-state index in [0.717, 1.165) is 11.3 Å². The Bertz CT molecular complexity index is 544. The zero-order chi connectivity index (χ0) is 15.4. The molecule has 2 rings (SSSR count). The summed E-state index contributed by atoms with van der Waals surface area (Å²) >= 11 is 1.53. The van der Waals surface area contributed by atoms with E-state index in [4.69, 9.17) is 5.11 Å². The smallest absolute Gasteiger partial charge is 0.308 e. The highest BCUT2D eigenvalue weighted by atomic mass is 32.2. The highest BCUT2D eigenvalue weighted by Crippen LogP contribution is 2.25. The van der Waals surface area contributed by atoms with Crippen molar-refractivity contribution in [2.75, 3.05) is 18.8 Å². The summed E-state index contributed by atoms with van der Waals surface area (Å²) in [6.07, 6.45) is 1.44. The third-order valence-corrected chi connectivity index (χ3v) is 4.96. The number of nitrogens with zero attached hydrogens (tertiary/aromatic N) is 1. The first-order valence-electron chi connectivity index (χ1n) is 7.18. The third-order valence-electron chi connectivity index (χ3n) is 3.82. The number of carboxylic acids is 1. The van der Waals surface area contributed by atoms with Crippen LogP contribution in [0.5, 0.6) is 0 Å². The molecule has 0 aromatic heterocycles. The van der Waals surface area contributed by atoms with E-state index >= 15 is 0 Å². The van der Waals surface area contributed by atoms with Gasteiger partial charge in [-0.05, 0) is 38.3 Å². The molecule has 1 fully saturated rings. The lowest BCUT2D eigenvalue weighted by Crippen LogP contribution is -2.43. The van der Waals surface area contributed by atoms with Gasteiger partial charge in [0.25, 0.3) is 0 Å². The van der Waals surface area contributed by atoms with Gasteiger partial charge in [-0.25, -0.2) is 0 Å². The molecule has 1 amide bonds. The Morgan fingerprint density at radius 3 is 2.86 bits per heavy atom. The Kier molecular flexibility index (Phi) is 5.28. The van der Waals surface area contributed by atoms with Crippen LogP contribution >= 0.6 is 11.8 Å². The fourth-order valence-electron chi connectivity index (χ4n) is 2.50. The van der Waals surface area contributed by atoms with Crippen LogP contribution in [0, 0.1) is 19.8 Å². The number of carbonyl (C=O) groups excluding carboxylic acids is 1. The number of hydrogen-bond acceptors (Lipinski definition) is 3. The van der Waals surface area contributed by atoms with Gasteiger partial charge >= 0.3 is 5.97 Å². The molecule has 1 aliphatic rings. The summed E-state index contributed by atoms with van der Waals surface area (Å²) in [7, 11) is 0. The summed E-state index contributed by atoms with van der Waals surface area (Å²) in [4.78, 5) is 26.1. The Balaban J connectivity index is 1.92. The van der Waals surface area contributed by atoms with Crippen LogP contribution in [0.25, 0.3) is 0 Å². The SMILES string of the molecule is Cc1ccc(C)c(SCC(=O)N2CCC[C@@H](C(=O)O)C2)c1. The van der Waals surface area contributed by atoms with Crippen LogP contribution in [0.2, 0.25) is 0 Å². The second-order valence-corrected chi connectivity index (χ2v) is 6.59. The van der Waals surface area contributed by atoms with Crippen molar-refractivity contribution in [1.29, 1.82) is 0 Å². The molecule has 0 unspecified atom stereocenters. The number of carboxylic acid groups (broad SMARTS) is 1. The van der Waals surface area contributed by atoms with Crippen molar-refractivity contribution in [2.24, 2.45) is 5.92 Å². The standard InChI is InChI=1S/C16H21NO3S/c1-11-5-6-12(2)14(8-11)21-10-15(18)17-7-3-4-13(9-17)16(19)20/h5-6,8,13H,3-4,7,9-10H2,1-2H3,(H,19,20)/t13-/m1/s1. The highest BCUT2D eigenvalue weighted by Gasteiger charge is 2.27. The largest absolute Gasteiger partial charge is 0.481 e. The van der Waals surface area contributed by atoms with E-state index in [0.29, 0.717) is 25.3 Å². The zero-order valence-electron chi connectivity index (χ0n) is 12.5. The van der Waals surface area contributed by atoms with Crippen molar-refractivity contribution in [1.82, 2.24) is 4.90 Å². The fourth-order valence-corrected chi connectivity index (χ4v) is 3.53. The van der Waals surface area contributed by atoms with Crippen molar-refractivity contribution < 1.29 is 14.7 Å². The Morgan fingerprint density at radius 1 is 1.38 bits per heavy atom. The van der Waals surface area contributed by atoms with Gasteiger partial charge in [-0.2, -0.15) is 0 Å². The molecule has 0 bridgehead atoms. The van der Waals surface area contributed by atoms with Crippen LogP contribution in [-0.4, -0.2) is 40.7 Å². The van der Waals surface area contributed by atoms with Crippen molar-refractivity contribution in [3.8, 4) is 0 Å². The van der Waals surface area contributed by atoms with Crippen molar-refractivity contribution in [3.63, 3.8) is 0 Å². The molecule has 1 saturated heterocycles. The number of carbonyl (C=O) groups is 2. The van der Waals surface area contributed by atoms with Gasteiger partial charge in [0.2, 0.25) is 5.91 Å². The van der Waals surface area contributed by atoms with E-state index in [-0.39, 0.29) is 5.91 Å². The highest BCUT2D eigenvalue weighted by molar-refractivity contribution is 8.00. The molecule has 1 atom stereocenters. The van der Waals surface area contributed by atoms with Crippen molar-refractivity contribution in [2.45, 2.75) is 31.6 Å². The number of aliphatic carboxylic acids is 1. The minimum Gasteiger partial charge on any atom is -0.481 e. The van der Waals surface area contributed by atoms with Crippen molar-refractivity contribution in [3.05, 3.63) is 29.3 Å². The Hall–Kier alpha value is -1.49. The molecule has 0 spiro atoms. The van der Waals surface area contributed by atoms with E-state index in [1.807, 2.05) is 13.8 Å². The number of rotatable bonds is 4. The maximum absolute atomic E-state index is 12.2.